The highest BCUT2D eigenvalue weighted by atomic mass is 79.9. The van der Waals surface area contributed by atoms with E-state index in [0.717, 1.165) is 42.6 Å². The Bertz CT molecular complexity index is 481. The molecule has 6 heteroatoms. The van der Waals surface area contributed by atoms with E-state index in [2.05, 4.69) is 33.1 Å². The summed E-state index contributed by atoms with van der Waals surface area (Å²) in [6.07, 6.45) is 3.44. The molecule has 1 aromatic carbocycles. The van der Waals surface area contributed by atoms with Crippen molar-refractivity contribution in [2.45, 2.75) is 32.2 Å². The summed E-state index contributed by atoms with van der Waals surface area (Å²) in [6, 6.07) is 5.31. The first-order valence-electron chi connectivity index (χ1n) is 7.03. The Hall–Kier alpha value is -1.14. The second-order valence-corrected chi connectivity index (χ2v) is 5.98. The number of anilines is 1. The van der Waals surface area contributed by atoms with Gasteiger partial charge in [0.15, 0.2) is 0 Å². The molecule has 1 fully saturated rings. The van der Waals surface area contributed by atoms with Crippen molar-refractivity contribution in [3.63, 3.8) is 0 Å². The number of halogens is 1. The van der Waals surface area contributed by atoms with E-state index in [4.69, 9.17) is 0 Å². The molecule has 1 heterocycles. The van der Waals surface area contributed by atoms with Crippen molar-refractivity contribution >= 4 is 27.3 Å². The van der Waals surface area contributed by atoms with Crippen LogP contribution in [0.1, 0.15) is 26.2 Å². The van der Waals surface area contributed by atoms with Gasteiger partial charge < -0.3 is 10.2 Å². The summed E-state index contributed by atoms with van der Waals surface area (Å²) >= 11 is 3.41. The molecule has 110 valence electrons. The van der Waals surface area contributed by atoms with Crippen molar-refractivity contribution < 1.29 is 4.92 Å². The molecular formula is C14H20BrN3O2. The fraction of sp³-hybridized carbons (Fsp3) is 0.571. The van der Waals surface area contributed by atoms with Crippen LogP contribution in [0.2, 0.25) is 0 Å². The standard InChI is InChI=1S/C14H20BrN3O2/c1-2-17-8-3-4-11(7-9-17)16-14-6-5-12(18(19)20)10-13(14)15/h5-6,10-11,16H,2-4,7-9H2,1H3. The molecule has 0 bridgehead atoms. The number of nitrogens with zero attached hydrogens (tertiary/aromatic N) is 2. The van der Waals surface area contributed by atoms with Crippen molar-refractivity contribution in [3.8, 4) is 0 Å². The monoisotopic (exact) mass is 341 g/mol. The third kappa shape index (κ3) is 3.93. The molecule has 0 spiro atoms. The zero-order chi connectivity index (χ0) is 14.5. The number of nitro benzene ring substituents is 1. The molecular weight excluding hydrogens is 322 g/mol. The van der Waals surface area contributed by atoms with Gasteiger partial charge in [-0.1, -0.05) is 6.92 Å². The van der Waals surface area contributed by atoms with E-state index < -0.39 is 0 Å². The lowest BCUT2D eigenvalue weighted by molar-refractivity contribution is -0.384. The van der Waals surface area contributed by atoms with Crippen LogP contribution in [0.25, 0.3) is 0 Å². The van der Waals surface area contributed by atoms with E-state index in [1.165, 1.54) is 6.42 Å². The Morgan fingerprint density at radius 2 is 2.25 bits per heavy atom. The minimum Gasteiger partial charge on any atom is -0.381 e. The average Bonchev–Trinajstić information content (AvgIpc) is 2.66. The van der Waals surface area contributed by atoms with Gasteiger partial charge in [-0.15, -0.1) is 0 Å². The molecule has 1 N–H and O–H groups in total. The SMILES string of the molecule is CCN1CCCC(Nc2ccc([N+](=O)[O-])cc2Br)CC1. The van der Waals surface area contributed by atoms with E-state index in [-0.39, 0.29) is 10.6 Å². The van der Waals surface area contributed by atoms with E-state index in [1.54, 1.807) is 18.2 Å². The molecule has 0 aliphatic carbocycles. The fourth-order valence-corrected chi connectivity index (χ4v) is 3.05. The molecule has 1 unspecified atom stereocenters. The summed E-state index contributed by atoms with van der Waals surface area (Å²) in [6.45, 7) is 5.57. The Labute approximate surface area is 127 Å². The second-order valence-electron chi connectivity index (χ2n) is 5.13. The fourth-order valence-electron chi connectivity index (χ4n) is 2.57. The molecule has 1 aliphatic heterocycles. The highest BCUT2D eigenvalue weighted by Gasteiger charge is 2.17. The molecule has 20 heavy (non-hydrogen) atoms. The zero-order valence-electron chi connectivity index (χ0n) is 11.6. The number of likely N-dealkylation sites (tertiary alicyclic amines) is 1. The van der Waals surface area contributed by atoms with Gasteiger partial charge in [0.05, 0.1) is 4.92 Å². The molecule has 0 aromatic heterocycles. The van der Waals surface area contributed by atoms with Gasteiger partial charge in [0.1, 0.15) is 0 Å². The lowest BCUT2D eigenvalue weighted by Gasteiger charge is -2.19. The largest absolute Gasteiger partial charge is 0.381 e. The highest BCUT2D eigenvalue weighted by Crippen LogP contribution is 2.28. The number of nitro groups is 1. The van der Waals surface area contributed by atoms with Gasteiger partial charge in [-0.25, -0.2) is 0 Å². The van der Waals surface area contributed by atoms with Crippen molar-refractivity contribution in [1.29, 1.82) is 0 Å². The number of rotatable bonds is 4. The van der Waals surface area contributed by atoms with E-state index >= 15 is 0 Å². The van der Waals surface area contributed by atoms with Gasteiger partial charge in [0, 0.05) is 34.9 Å². The Kier molecular flexibility index (Phi) is 5.37. The van der Waals surface area contributed by atoms with Crippen LogP contribution < -0.4 is 5.32 Å². The van der Waals surface area contributed by atoms with Crippen LogP contribution in [0.15, 0.2) is 22.7 Å². The first-order valence-corrected chi connectivity index (χ1v) is 7.82. The van der Waals surface area contributed by atoms with Crippen LogP contribution in [0.5, 0.6) is 0 Å². The number of hydrogen-bond acceptors (Lipinski definition) is 4. The normalized spacial score (nSPS) is 20.4. The van der Waals surface area contributed by atoms with Gasteiger partial charge in [-0.05, 0) is 54.3 Å². The van der Waals surface area contributed by atoms with Crippen LogP contribution in [0.4, 0.5) is 11.4 Å². The second kappa shape index (κ2) is 7.04. The van der Waals surface area contributed by atoms with Gasteiger partial charge in [-0.2, -0.15) is 0 Å². The topological polar surface area (TPSA) is 58.4 Å². The Morgan fingerprint density at radius 3 is 2.90 bits per heavy atom. The molecule has 1 aliphatic rings. The number of hydrogen-bond donors (Lipinski definition) is 1. The number of benzene rings is 1. The number of nitrogens with one attached hydrogen (secondary N) is 1. The van der Waals surface area contributed by atoms with Crippen LogP contribution in [0, 0.1) is 10.1 Å². The van der Waals surface area contributed by atoms with E-state index in [9.17, 15) is 10.1 Å². The van der Waals surface area contributed by atoms with Crippen LogP contribution >= 0.6 is 15.9 Å². The van der Waals surface area contributed by atoms with Crippen molar-refractivity contribution in [2.75, 3.05) is 25.0 Å². The maximum Gasteiger partial charge on any atom is 0.270 e. The predicted molar refractivity (Wildman–Crippen MR) is 84.2 cm³/mol. The zero-order valence-corrected chi connectivity index (χ0v) is 13.2. The maximum absolute atomic E-state index is 10.7. The summed E-state index contributed by atoms with van der Waals surface area (Å²) in [7, 11) is 0. The van der Waals surface area contributed by atoms with Gasteiger partial charge >= 0.3 is 0 Å². The van der Waals surface area contributed by atoms with E-state index in [0.29, 0.717) is 6.04 Å². The summed E-state index contributed by atoms with van der Waals surface area (Å²) in [5.74, 6) is 0. The lowest BCUT2D eigenvalue weighted by Crippen LogP contribution is -2.26. The van der Waals surface area contributed by atoms with Crippen molar-refractivity contribution in [2.24, 2.45) is 0 Å². The quantitative estimate of drug-likeness (QED) is 0.670. The molecule has 0 radical (unpaired) electrons. The molecule has 1 saturated heterocycles. The Morgan fingerprint density at radius 1 is 1.45 bits per heavy atom. The summed E-state index contributed by atoms with van der Waals surface area (Å²) < 4.78 is 0.753. The molecule has 2 rings (SSSR count). The summed E-state index contributed by atoms with van der Waals surface area (Å²) in [5, 5.41) is 14.2. The maximum atomic E-state index is 10.7. The number of non-ortho nitro benzene ring substituents is 1. The van der Waals surface area contributed by atoms with Gasteiger partial charge in [-0.3, -0.25) is 10.1 Å². The van der Waals surface area contributed by atoms with Gasteiger partial charge in [0.25, 0.3) is 5.69 Å². The van der Waals surface area contributed by atoms with E-state index in [1.807, 2.05) is 0 Å². The minimum absolute atomic E-state index is 0.112. The Balaban J connectivity index is 2.01. The molecule has 0 amide bonds. The van der Waals surface area contributed by atoms with Crippen molar-refractivity contribution in [3.05, 3.63) is 32.8 Å². The third-order valence-corrected chi connectivity index (χ3v) is 4.45. The molecule has 0 saturated carbocycles. The van der Waals surface area contributed by atoms with Crippen molar-refractivity contribution in [1.82, 2.24) is 4.90 Å². The lowest BCUT2D eigenvalue weighted by atomic mass is 10.1. The highest BCUT2D eigenvalue weighted by molar-refractivity contribution is 9.10. The minimum atomic E-state index is -0.376. The molecule has 1 aromatic rings. The molecule has 1 atom stereocenters. The first kappa shape index (κ1) is 15.3. The first-order chi connectivity index (χ1) is 9.60. The van der Waals surface area contributed by atoms with Crippen LogP contribution in [-0.4, -0.2) is 35.5 Å². The third-order valence-electron chi connectivity index (χ3n) is 3.79. The predicted octanol–water partition coefficient (Wildman–Crippen LogP) is 3.64. The molecule has 5 nitrogen and oxygen atoms in total. The average molecular weight is 342 g/mol. The summed E-state index contributed by atoms with van der Waals surface area (Å²) in [5.41, 5.74) is 1.05. The summed E-state index contributed by atoms with van der Waals surface area (Å²) in [4.78, 5) is 12.8. The van der Waals surface area contributed by atoms with Crippen LogP contribution in [0.3, 0.4) is 0 Å². The van der Waals surface area contributed by atoms with Crippen LogP contribution in [-0.2, 0) is 0 Å². The van der Waals surface area contributed by atoms with Gasteiger partial charge in [0.2, 0.25) is 0 Å². The smallest absolute Gasteiger partial charge is 0.270 e.